The second-order valence-corrected chi connectivity index (χ2v) is 5.21. The van der Waals surface area contributed by atoms with E-state index in [1.807, 2.05) is 19.9 Å². The fourth-order valence-corrected chi connectivity index (χ4v) is 2.32. The number of nitrogens with zero attached hydrogens (tertiary/aromatic N) is 4. The summed E-state index contributed by atoms with van der Waals surface area (Å²) < 4.78 is 1.50. The number of pyridine rings is 1. The van der Waals surface area contributed by atoms with Crippen LogP contribution >= 0.6 is 0 Å². The summed E-state index contributed by atoms with van der Waals surface area (Å²) in [5.74, 6) is 0.0141. The largest absolute Gasteiger partial charge is 0.396 e. The van der Waals surface area contributed by atoms with Gasteiger partial charge in [0.25, 0.3) is 0 Å². The highest BCUT2D eigenvalue weighted by Crippen LogP contribution is 2.22. The minimum Gasteiger partial charge on any atom is -0.396 e. The van der Waals surface area contributed by atoms with Gasteiger partial charge in [-0.2, -0.15) is 4.40 Å². The number of aliphatic hydroxyl groups is 1. The molecular formula is C14H20N4O3. The number of nitro groups is 1. The zero-order valence-corrected chi connectivity index (χ0v) is 12.3. The Morgan fingerprint density at radius 3 is 2.86 bits per heavy atom. The van der Waals surface area contributed by atoms with Gasteiger partial charge < -0.3 is 15.2 Å². The maximum atomic E-state index is 11.3. The number of aliphatic hydroxyl groups excluding tert-OH is 1. The highest BCUT2D eigenvalue weighted by Gasteiger charge is 2.24. The summed E-state index contributed by atoms with van der Waals surface area (Å²) in [6.07, 6.45) is 2.29. The van der Waals surface area contributed by atoms with Gasteiger partial charge in [0, 0.05) is 31.8 Å². The first-order chi connectivity index (χ1) is 10.0. The smallest absolute Gasteiger partial charge is 0.352 e. The molecule has 2 aromatic heterocycles. The Morgan fingerprint density at radius 1 is 1.48 bits per heavy atom. The summed E-state index contributed by atoms with van der Waals surface area (Å²) >= 11 is 0. The number of rotatable bonds is 7. The second kappa shape index (κ2) is 6.64. The number of imidazole rings is 1. The lowest BCUT2D eigenvalue weighted by molar-refractivity contribution is -0.391. The summed E-state index contributed by atoms with van der Waals surface area (Å²) in [6.45, 7) is 5.24. The van der Waals surface area contributed by atoms with Gasteiger partial charge in [-0.3, -0.25) is 4.90 Å². The van der Waals surface area contributed by atoms with Crippen molar-refractivity contribution in [2.45, 2.75) is 32.9 Å². The number of hydrogen-bond acceptors (Lipinski definition) is 5. The Balaban J connectivity index is 2.36. The van der Waals surface area contributed by atoms with Gasteiger partial charge in [-0.15, -0.1) is 0 Å². The zero-order chi connectivity index (χ0) is 15.4. The maximum Gasteiger partial charge on any atom is 0.352 e. The number of aromatic nitrogens is 2. The van der Waals surface area contributed by atoms with Gasteiger partial charge in [0.05, 0.1) is 6.20 Å². The van der Waals surface area contributed by atoms with Gasteiger partial charge in [-0.1, -0.05) is 6.07 Å². The molecule has 0 aliphatic heterocycles. The van der Waals surface area contributed by atoms with Crippen LogP contribution in [0.25, 0.3) is 5.65 Å². The average molecular weight is 292 g/mol. The first kappa shape index (κ1) is 15.4. The van der Waals surface area contributed by atoms with E-state index in [1.54, 1.807) is 18.3 Å². The van der Waals surface area contributed by atoms with Crippen LogP contribution < -0.4 is 0 Å². The Bertz CT molecular complexity index is 624. The molecule has 2 rings (SSSR count). The standard InChI is InChI=1S/C14H20N4O3/c1-11(2)16(7-5-9-19)10-12-14(18(20)21)17-8-4-3-6-13(17)15-12/h3-4,6,8,11,19H,5,7,9-10H2,1-2H3. The third-order valence-corrected chi connectivity index (χ3v) is 3.43. The molecular weight excluding hydrogens is 272 g/mol. The Labute approximate surface area is 123 Å². The van der Waals surface area contributed by atoms with Crippen LogP contribution in [-0.2, 0) is 6.54 Å². The lowest BCUT2D eigenvalue weighted by Crippen LogP contribution is -2.32. The van der Waals surface area contributed by atoms with Crippen LogP contribution in [-0.4, -0.2) is 43.5 Å². The van der Waals surface area contributed by atoms with E-state index in [9.17, 15) is 10.1 Å². The Kier molecular flexibility index (Phi) is 4.87. The molecule has 2 aromatic rings. The molecule has 0 amide bonds. The molecule has 7 heteroatoms. The minimum atomic E-state index is -0.389. The molecule has 7 nitrogen and oxygen atoms in total. The van der Waals surface area contributed by atoms with Crippen LogP contribution in [0.2, 0.25) is 0 Å². The molecule has 0 aromatic carbocycles. The van der Waals surface area contributed by atoms with Gasteiger partial charge in [-0.25, -0.2) is 4.98 Å². The second-order valence-electron chi connectivity index (χ2n) is 5.21. The monoisotopic (exact) mass is 292 g/mol. The molecule has 0 bridgehead atoms. The summed E-state index contributed by atoms with van der Waals surface area (Å²) in [4.78, 5) is 17.4. The van der Waals surface area contributed by atoms with E-state index in [1.165, 1.54) is 4.40 Å². The molecule has 0 radical (unpaired) electrons. The van der Waals surface area contributed by atoms with Crippen molar-refractivity contribution in [2.75, 3.05) is 13.2 Å². The molecule has 114 valence electrons. The van der Waals surface area contributed by atoms with E-state index in [-0.39, 0.29) is 23.4 Å². The van der Waals surface area contributed by atoms with Crippen LogP contribution in [0.4, 0.5) is 5.82 Å². The van der Waals surface area contributed by atoms with Gasteiger partial charge >= 0.3 is 5.82 Å². The minimum absolute atomic E-state index is 0.0141. The molecule has 0 saturated carbocycles. The molecule has 0 saturated heterocycles. The van der Waals surface area contributed by atoms with E-state index in [0.29, 0.717) is 30.9 Å². The SMILES string of the molecule is CC(C)N(CCCO)Cc1nc2ccccn2c1[N+](=O)[O-]. The van der Waals surface area contributed by atoms with Gasteiger partial charge in [-0.05, 0) is 31.3 Å². The first-order valence-electron chi connectivity index (χ1n) is 7.00. The molecule has 0 spiro atoms. The molecule has 2 heterocycles. The highest BCUT2D eigenvalue weighted by molar-refractivity contribution is 5.48. The zero-order valence-electron chi connectivity index (χ0n) is 12.3. The predicted octanol–water partition coefficient (Wildman–Crippen LogP) is 1.84. The van der Waals surface area contributed by atoms with E-state index >= 15 is 0 Å². The van der Waals surface area contributed by atoms with Crippen LogP contribution in [0, 0.1) is 10.1 Å². The molecule has 21 heavy (non-hydrogen) atoms. The summed E-state index contributed by atoms with van der Waals surface area (Å²) in [6, 6.07) is 5.53. The van der Waals surface area contributed by atoms with Crippen molar-refractivity contribution in [2.24, 2.45) is 0 Å². The summed E-state index contributed by atoms with van der Waals surface area (Å²) in [5, 5.41) is 20.3. The normalized spacial score (nSPS) is 11.7. The van der Waals surface area contributed by atoms with Crippen molar-refractivity contribution in [1.29, 1.82) is 0 Å². The molecule has 0 atom stereocenters. The van der Waals surface area contributed by atoms with Gasteiger partial charge in [0.1, 0.15) is 0 Å². The molecule has 0 aliphatic rings. The van der Waals surface area contributed by atoms with Crippen molar-refractivity contribution in [3.63, 3.8) is 0 Å². The van der Waals surface area contributed by atoms with Gasteiger partial charge in [0.15, 0.2) is 5.69 Å². The number of fused-ring (bicyclic) bond motifs is 1. The first-order valence-corrected chi connectivity index (χ1v) is 7.00. The summed E-state index contributed by atoms with van der Waals surface area (Å²) in [7, 11) is 0. The third kappa shape index (κ3) is 3.37. The average Bonchev–Trinajstić information content (AvgIpc) is 2.81. The van der Waals surface area contributed by atoms with E-state index < -0.39 is 0 Å². The van der Waals surface area contributed by atoms with Crippen molar-refractivity contribution in [3.05, 3.63) is 40.2 Å². The fourth-order valence-electron chi connectivity index (χ4n) is 2.32. The quantitative estimate of drug-likeness (QED) is 0.621. The lowest BCUT2D eigenvalue weighted by atomic mass is 10.2. The van der Waals surface area contributed by atoms with Crippen LogP contribution in [0.3, 0.4) is 0 Å². The van der Waals surface area contributed by atoms with Gasteiger partial charge in [0.2, 0.25) is 5.65 Å². The van der Waals surface area contributed by atoms with Crippen LogP contribution in [0.1, 0.15) is 26.0 Å². The predicted molar refractivity (Wildman–Crippen MR) is 79.1 cm³/mol. The third-order valence-electron chi connectivity index (χ3n) is 3.43. The van der Waals surface area contributed by atoms with E-state index in [2.05, 4.69) is 9.88 Å². The topological polar surface area (TPSA) is 83.9 Å². The lowest BCUT2D eigenvalue weighted by Gasteiger charge is -2.24. The highest BCUT2D eigenvalue weighted by atomic mass is 16.6. The van der Waals surface area contributed by atoms with Crippen molar-refractivity contribution in [1.82, 2.24) is 14.3 Å². The summed E-state index contributed by atoms with van der Waals surface area (Å²) in [5.41, 5.74) is 1.03. The van der Waals surface area contributed by atoms with Crippen LogP contribution in [0.15, 0.2) is 24.4 Å². The maximum absolute atomic E-state index is 11.3. The van der Waals surface area contributed by atoms with Crippen molar-refractivity contribution >= 4 is 11.5 Å². The van der Waals surface area contributed by atoms with E-state index in [0.717, 1.165) is 0 Å². The van der Waals surface area contributed by atoms with E-state index in [4.69, 9.17) is 5.11 Å². The molecule has 0 fully saturated rings. The molecule has 0 aliphatic carbocycles. The Morgan fingerprint density at radius 2 is 2.24 bits per heavy atom. The van der Waals surface area contributed by atoms with Crippen LogP contribution in [0.5, 0.6) is 0 Å². The Hall–Kier alpha value is -1.99. The van der Waals surface area contributed by atoms with Crippen molar-refractivity contribution < 1.29 is 10.0 Å². The molecule has 1 N–H and O–H groups in total. The van der Waals surface area contributed by atoms with Crippen molar-refractivity contribution in [3.8, 4) is 0 Å². The fraction of sp³-hybridized carbons (Fsp3) is 0.500. The molecule has 0 unspecified atom stereocenters. The number of hydrogen-bond donors (Lipinski definition) is 1.